The third kappa shape index (κ3) is 33.9. The molecule has 1 N–H and O–H groups in total. The summed E-state index contributed by atoms with van der Waals surface area (Å²) in [5.41, 5.74) is 0. The molecule has 0 bridgehead atoms. The van der Waals surface area contributed by atoms with Gasteiger partial charge in [-0.2, -0.15) is 0 Å². The van der Waals surface area contributed by atoms with Crippen LogP contribution in [0.5, 0.6) is 0 Å². The first-order chi connectivity index (χ1) is 1.91. The molecule has 0 aromatic rings. The van der Waals surface area contributed by atoms with E-state index in [2.05, 4.69) is 5.32 Å². The maximum Gasteiger partial charge on any atom is 0.206 e. The van der Waals surface area contributed by atoms with E-state index in [1.165, 1.54) is 0 Å². The van der Waals surface area contributed by atoms with E-state index in [0.717, 1.165) is 0 Å². The minimum atomic E-state index is 0. The number of hydrogen-bond acceptors (Lipinski definition) is 1. The normalized spacial score (nSPS) is 4.20. The van der Waals surface area contributed by atoms with Crippen molar-refractivity contribution in [2.24, 2.45) is 0 Å². The highest BCUT2D eigenvalue weighted by Crippen LogP contribution is 1.09. The molecule has 0 fully saturated rings. The van der Waals surface area contributed by atoms with Gasteiger partial charge in [-0.25, -0.2) is 0 Å². The fraction of sp³-hybridized carbons (Fsp3) is 0.667. The first-order valence-corrected chi connectivity index (χ1v) is 1.02. The smallest absolute Gasteiger partial charge is 0.206 e. The molecule has 2 heteroatoms. The van der Waals surface area contributed by atoms with E-state index in [0.29, 0.717) is 6.41 Å². The Kier molecular flexibility index (Phi) is 17.3. The fourth-order valence-corrected chi connectivity index (χ4v) is 0. The van der Waals surface area contributed by atoms with Gasteiger partial charge in [0, 0.05) is 7.05 Å². The molecule has 0 aromatic carbocycles. The first kappa shape index (κ1) is 8.82. The maximum absolute atomic E-state index is 9.06. The molecule has 0 aliphatic carbocycles. The molecule has 0 atom stereocenters. The predicted octanol–water partition coefficient (Wildman–Crippen LogP) is -0.00170. The average molecular weight is 75.1 g/mol. The van der Waals surface area contributed by atoms with Crippen LogP contribution in [-0.4, -0.2) is 13.5 Å². The Hall–Kier alpha value is -0.530. The molecule has 2 nitrogen and oxygen atoms in total. The average Bonchev–Trinajstić information content (AvgIpc) is 1.37. The quantitative estimate of drug-likeness (QED) is 0.437. The summed E-state index contributed by atoms with van der Waals surface area (Å²) in [6, 6.07) is 0. The Labute approximate surface area is 32.2 Å². The monoisotopic (exact) mass is 75.1 g/mol. The number of hydrogen-bond donors (Lipinski definition) is 1. The van der Waals surface area contributed by atoms with Gasteiger partial charge in [0.25, 0.3) is 0 Å². The van der Waals surface area contributed by atoms with Gasteiger partial charge >= 0.3 is 0 Å². The van der Waals surface area contributed by atoms with Gasteiger partial charge in [0.1, 0.15) is 0 Å². The third-order valence-corrected chi connectivity index (χ3v) is 0.118. The van der Waals surface area contributed by atoms with E-state index in [9.17, 15) is 0 Å². The van der Waals surface area contributed by atoms with E-state index >= 15 is 0 Å². The van der Waals surface area contributed by atoms with Crippen molar-refractivity contribution in [1.29, 1.82) is 0 Å². The summed E-state index contributed by atoms with van der Waals surface area (Å²) in [5.74, 6) is 0. The van der Waals surface area contributed by atoms with Crippen LogP contribution in [0.4, 0.5) is 0 Å². The zero-order valence-corrected chi connectivity index (χ0v) is 2.49. The molecule has 0 unspecified atom stereocenters. The van der Waals surface area contributed by atoms with Crippen molar-refractivity contribution in [3.8, 4) is 0 Å². The van der Waals surface area contributed by atoms with Gasteiger partial charge in [0.2, 0.25) is 6.41 Å². The van der Waals surface area contributed by atoms with Crippen LogP contribution in [0, 0.1) is 0 Å². The predicted molar refractivity (Wildman–Crippen MR) is 21.9 cm³/mol. The minimum absolute atomic E-state index is 0. The van der Waals surface area contributed by atoms with Gasteiger partial charge < -0.3 is 5.32 Å². The minimum Gasteiger partial charge on any atom is -0.362 e. The Balaban J connectivity index is 0. The maximum atomic E-state index is 9.06. The largest absolute Gasteiger partial charge is 0.362 e. The Morgan fingerprint density at radius 1 is 1.80 bits per heavy atom. The molecule has 0 heterocycles. The van der Waals surface area contributed by atoms with Crippen molar-refractivity contribution in [1.82, 2.24) is 5.32 Å². The highest BCUT2D eigenvalue weighted by atomic mass is 16.1. The lowest BCUT2D eigenvalue weighted by atomic mass is 11.2. The second-order valence-electron chi connectivity index (χ2n) is 0.407. The topological polar surface area (TPSA) is 29.1 Å². The number of nitrogens with one attached hydrogen (secondary N) is 1. The zero-order chi connectivity index (χ0) is 3.41. The highest BCUT2D eigenvalue weighted by molar-refractivity contribution is 5.44. The number of rotatable bonds is 1. The van der Waals surface area contributed by atoms with E-state index in [1.807, 2.05) is 0 Å². The van der Waals surface area contributed by atoms with Gasteiger partial charge in [-0.3, -0.25) is 4.79 Å². The van der Waals surface area contributed by atoms with Gasteiger partial charge in [-0.05, 0) is 0 Å². The van der Waals surface area contributed by atoms with E-state index in [-0.39, 0.29) is 7.43 Å². The van der Waals surface area contributed by atoms with Crippen LogP contribution in [-0.2, 0) is 4.79 Å². The fourth-order valence-electron chi connectivity index (χ4n) is 0. The molecule has 1 amide bonds. The second kappa shape index (κ2) is 9.80. The van der Waals surface area contributed by atoms with Crippen LogP contribution < -0.4 is 5.32 Å². The van der Waals surface area contributed by atoms with Crippen LogP contribution in [0.3, 0.4) is 0 Å². The Morgan fingerprint density at radius 3 is 2.00 bits per heavy atom. The number of carbonyl (C=O) groups is 1. The van der Waals surface area contributed by atoms with Crippen LogP contribution in [0.1, 0.15) is 7.43 Å². The van der Waals surface area contributed by atoms with Crippen LogP contribution >= 0.6 is 0 Å². The molecule has 0 aliphatic heterocycles. The van der Waals surface area contributed by atoms with Crippen LogP contribution in [0.15, 0.2) is 0 Å². The van der Waals surface area contributed by atoms with Crippen LogP contribution in [0.25, 0.3) is 0 Å². The van der Waals surface area contributed by atoms with Gasteiger partial charge in [0.05, 0.1) is 0 Å². The van der Waals surface area contributed by atoms with Crippen molar-refractivity contribution < 1.29 is 4.79 Å². The molecule has 5 heavy (non-hydrogen) atoms. The van der Waals surface area contributed by atoms with E-state index < -0.39 is 0 Å². The van der Waals surface area contributed by atoms with Crippen molar-refractivity contribution in [2.75, 3.05) is 7.05 Å². The second-order valence-corrected chi connectivity index (χ2v) is 0.407. The molecule has 0 spiro atoms. The summed E-state index contributed by atoms with van der Waals surface area (Å²) >= 11 is 0. The lowest BCUT2D eigenvalue weighted by Gasteiger charge is -1.64. The third-order valence-electron chi connectivity index (χ3n) is 0.118. The van der Waals surface area contributed by atoms with E-state index in [1.54, 1.807) is 7.05 Å². The standard InChI is InChI=1S/C2H5NO.CH4/c1-3-2-4;/h2H,1H3,(H,3,4);1H4. The Morgan fingerprint density at radius 2 is 2.00 bits per heavy atom. The molecule has 0 rings (SSSR count). The van der Waals surface area contributed by atoms with Crippen LogP contribution in [0.2, 0.25) is 0 Å². The number of carbonyl (C=O) groups excluding carboxylic acids is 1. The van der Waals surface area contributed by atoms with Gasteiger partial charge in [-0.1, -0.05) is 7.43 Å². The van der Waals surface area contributed by atoms with Crippen molar-refractivity contribution >= 4 is 6.41 Å². The molecular formula is C3H9NO. The summed E-state index contributed by atoms with van der Waals surface area (Å²) < 4.78 is 0. The van der Waals surface area contributed by atoms with Gasteiger partial charge in [-0.15, -0.1) is 0 Å². The Bertz CT molecular complexity index is 20.9. The van der Waals surface area contributed by atoms with Crippen molar-refractivity contribution in [3.63, 3.8) is 0 Å². The SMILES string of the molecule is C.CNC=O. The van der Waals surface area contributed by atoms with Crippen molar-refractivity contribution in [3.05, 3.63) is 0 Å². The summed E-state index contributed by atoms with van der Waals surface area (Å²) in [5, 5.41) is 2.25. The first-order valence-electron chi connectivity index (χ1n) is 1.02. The lowest BCUT2D eigenvalue weighted by Crippen LogP contribution is -1.98. The molecule has 0 saturated carbocycles. The summed E-state index contributed by atoms with van der Waals surface area (Å²) in [4.78, 5) is 9.06. The number of amides is 1. The summed E-state index contributed by atoms with van der Waals surface area (Å²) in [6.45, 7) is 0. The van der Waals surface area contributed by atoms with E-state index in [4.69, 9.17) is 4.79 Å². The summed E-state index contributed by atoms with van der Waals surface area (Å²) in [6.07, 6.45) is 0.625. The molecule has 0 radical (unpaired) electrons. The molecular weight excluding hydrogens is 66.0 g/mol. The molecule has 0 aliphatic rings. The van der Waals surface area contributed by atoms with Gasteiger partial charge in [0.15, 0.2) is 0 Å². The van der Waals surface area contributed by atoms with Crippen molar-refractivity contribution in [2.45, 2.75) is 7.43 Å². The molecule has 0 saturated heterocycles. The zero-order valence-electron chi connectivity index (χ0n) is 2.49. The lowest BCUT2D eigenvalue weighted by molar-refractivity contribution is -0.109. The molecule has 32 valence electrons. The summed E-state index contributed by atoms with van der Waals surface area (Å²) in [7, 11) is 1.56. The molecule has 0 aromatic heterocycles. The highest BCUT2D eigenvalue weighted by Gasteiger charge is 1.43.